The lowest BCUT2D eigenvalue weighted by Gasteiger charge is -2.35. The molecule has 41 heavy (non-hydrogen) atoms. The Kier molecular flexibility index (Phi) is 10.6. The number of rotatable bonds is 11. The van der Waals surface area contributed by atoms with Gasteiger partial charge in [-0.1, -0.05) is 83.7 Å². The molecule has 0 heterocycles. The number of halogens is 2. The van der Waals surface area contributed by atoms with Crippen molar-refractivity contribution in [2.45, 2.75) is 57.2 Å². The van der Waals surface area contributed by atoms with Crippen LogP contribution in [0.3, 0.4) is 0 Å². The maximum absolute atomic E-state index is 14.1. The summed E-state index contributed by atoms with van der Waals surface area (Å²) in [6.07, 6.45) is 6.18. The molecule has 7 nitrogen and oxygen atoms in total. The summed E-state index contributed by atoms with van der Waals surface area (Å²) in [6, 6.07) is 21.1. The van der Waals surface area contributed by atoms with Gasteiger partial charge in [0.25, 0.3) is 0 Å². The Labute approximate surface area is 249 Å². The van der Waals surface area contributed by atoms with E-state index in [1.807, 2.05) is 54.6 Å². The Morgan fingerprint density at radius 2 is 1.63 bits per heavy atom. The number of carbonyl (C=O) groups excluding carboxylic acids is 2. The Morgan fingerprint density at radius 1 is 0.951 bits per heavy atom. The van der Waals surface area contributed by atoms with Gasteiger partial charge >= 0.3 is 0 Å². The number of sulfonamides is 1. The number of anilines is 1. The molecule has 0 bridgehead atoms. The van der Waals surface area contributed by atoms with Crippen LogP contribution >= 0.6 is 15.9 Å². The van der Waals surface area contributed by atoms with Crippen molar-refractivity contribution in [3.8, 4) is 0 Å². The van der Waals surface area contributed by atoms with Gasteiger partial charge in [-0.25, -0.2) is 12.8 Å². The van der Waals surface area contributed by atoms with Gasteiger partial charge in [-0.2, -0.15) is 0 Å². The summed E-state index contributed by atoms with van der Waals surface area (Å²) in [6.45, 7) is -0.507. The van der Waals surface area contributed by atoms with Crippen molar-refractivity contribution in [1.29, 1.82) is 0 Å². The molecule has 0 aromatic heterocycles. The summed E-state index contributed by atoms with van der Waals surface area (Å²) >= 11 is 3.47. The normalized spacial score (nSPS) is 14.7. The Bertz CT molecular complexity index is 1450. The van der Waals surface area contributed by atoms with Crippen molar-refractivity contribution in [2.75, 3.05) is 17.1 Å². The molecule has 0 saturated heterocycles. The van der Waals surface area contributed by atoms with E-state index in [0.29, 0.717) is 0 Å². The molecule has 3 aromatic carbocycles. The molecular formula is C31H35BrFN3O4S. The molecule has 10 heteroatoms. The fraction of sp³-hybridized carbons (Fsp3) is 0.355. The van der Waals surface area contributed by atoms with E-state index in [9.17, 15) is 22.4 Å². The molecule has 1 saturated carbocycles. The number of nitrogens with one attached hydrogen (secondary N) is 1. The zero-order valence-corrected chi connectivity index (χ0v) is 25.4. The standard InChI is InChI=1S/C31H35BrFN3O4S/c1-41(39,40)36(28-17-9-14-26(33)20-28)22-30(37)35(21-24-12-8-13-25(32)18-24)29(19-23-10-4-2-5-11-23)31(38)34-27-15-6-3-7-16-27/h2,4-5,8-14,17-18,20,27,29H,3,6-7,15-16,19,21-22H2,1H3,(H,34,38). The van der Waals surface area contributed by atoms with Gasteiger partial charge in [0.2, 0.25) is 21.8 Å². The lowest BCUT2D eigenvalue weighted by Crippen LogP contribution is -2.55. The zero-order chi connectivity index (χ0) is 29.4. The van der Waals surface area contributed by atoms with E-state index in [-0.39, 0.29) is 30.6 Å². The van der Waals surface area contributed by atoms with Crippen LogP contribution in [0.25, 0.3) is 0 Å². The number of carbonyl (C=O) groups is 2. The average Bonchev–Trinajstić information content (AvgIpc) is 2.94. The molecule has 0 spiro atoms. The third-order valence-electron chi connectivity index (χ3n) is 7.24. The monoisotopic (exact) mass is 643 g/mol. The Balaban J connectivity index is 1.72. The highest BCUT2D eigenvalue weighted by Gasteiger charge is 2.34. The van der Waals surface area contributed by atoms with Crippen LogP contribution in [0.1, 0.15) is 43.2 Å². The van der Waals surface area contributed by atoms with Crippen LogP contribution in [-0.2, 0) is 32.6 Å². The Morgan fingerprint density at radius 3 is 2.29 bits per heavy atom. The van der Waals surface area contributed by atoms with E-state index in [2.05, 4.69) is 21.2 Å². The quantitative estimate of drug-likeness (QED) is 0.301. The minimum Gasteiger partial charge on any atom is -0.352 e. The number of amides is 2. The van der Waals surface area contributed by atoms with Crippen molar-refractivity contribution in [3.63, 3.8) is 0 Å². The SMILES string of the molecule is CS(=O)(=O)N(CC(=O)N(Cc1cccc(Br)c1)C(Cc1ccccc1)C(=O)NC1CCCCC1)c1cccc(F)c1. The molecule has 218 valence electrons. The van der Waals surface area contributed by atoms with E-state index in [4.69, 9.17) is 0 Å². The first-order chi connectivity index (χ1) is 19.6. The third kappa shape index (κ3) is 8.87. The molecule has 4 rings (SSSR count). The van der Waals surface area contributed by atoms with Crippen molar-refractivity contribution in [1.82, 2.24) is 10.2 Å². The maximum atomic E-state index is 14.1. The van der Waals surface area contributed by atoms with Crippen molar-refractivity contribution < 1.29 is 22.4 Å². The third-order valence-corrected chi connectivity index (χ3v) is 8.87. The molecule has 1 atom stereocenters. The summed E-state index contributed by atoms with van der Waals surface area (Å²) in [5.74, 6) is -1.47. The van der Waals surface area contributed by atoms with Crippen molar-refractivity contribution in [3.05, 3.63) is 100 Å². The summed E-state index contributed by atoms with van der Waals surface area (Å²) in [4.78, 5) is 29.5. The van der Waals surface area contributed by atoms with Crippen molar-refractivity contribution in [2.24, 2.45) is 0 Å². The molecule has 1 N–H and O–H groups in total. The van der Waals surface area contributed by atoms with E-state index >= 15 is 0 Å². The van der Waals surface area contributed by atoms with Crippen LogP contribution < -0.4 is 9.62 Å². The van der Waals surface area contributed by atoms with Crippen molar-refractivity contribution >= 4 is 43.5 Å². The van der Waals surface area contributed by atoms with E-state index in [0.717, 1.165) is 64.3 Å². The van der Waals surface area contributed by atoms with Gasteiger partial charge in [0, 0.05) is 23.5 Å². The highest BCUT2D eigenvalue weighted by molar-refractivity contribution is 9.10. The molecule has 3 aromatic rings. The van der Waals surface area contributed by atoms with Crippen LogP contribution in [0.15, 0.2) is 83.3 Å². The van der Waals surface area contributed by atoms with Crippen LogP contribution in [0.2, 0.25) is 0 Å². The molecule has 1 aliphatic carbocycles. The minimum atomic E-state index is -3.96. The second kappa shape index (κ2) is 14.1. The minimum absolute atomic E-state index is 0.0251. The predicted molar refractivity (Wildman–Crippen MR) is 162 cm³/mol. The van der Waals surface area contributed by atoms with Gasteiger partial charge in [0.15, 0.2) is 0 Å². The van der Waals surface area contributed by atoms with Gasteiger partial charge in [0.05, 0.1) is 11.9 Å². The fourth-order valence-corrected chi connectivity index (χ4v) is 6.46. The molecular weight excluding hydrogens is 609 g/mol. The lowest BCUT2D eigenvalue weighted by atomic mass is 9.94. The molecule has 1 fully saturated rings. The van der Waals surface area contributed by atoms with Gasteiger partial charge in [-0.05, 0) is 54.3 Å². The highest BCUT2D eigenvalue weighted by atomic mass is 79.9. The molecule has 0 aliphatic heterocycles. The summed E-state index contributed by atoms with van der Waals surface area (Å²) in [5, 5.41) is 3.17. The van der Waals surface area contributed by atoms with Gasteiger partial charge in [0.1, 0.15) is 18.4 Å². The number of nitrogens with zero attached hydrogens (tertiary/aromatic N) is 2. The predicted octanol–water partition coefficient (Wildman–Crippen LogP) is 5.44. The fourth-order valence-electron chi connectivity index (χ4n) is 5.18. The lowest BCUT2D eigenvalue weighted by molar-refractivity contribution is -0.140. The van der Waals surface area contributed by atoms with Crippen LogP contribution in [0, 0.1) is 5.82 Å². The Hall–Kier alpha value is -3.24. The molecule has 2 amide bonds. The van der Waals surface area contributed by atoms with Gasteiger partial charge in [-0.15, -0.1) is 0 Å². The largest absolute Gasteiger partial charge is 0.352 e. The van der Waals surface area contributed by atoms with E-state index in [1.54, 1.807) is 0 Å². The molecule has 1 unspecified atom stereocenters. The molecule has 0 radical (unpaired) electrons. The second-order valence-electron chi connectivity index (χ2n) is 10.5. The topological polar surface area (TPSA) is 86.8 Å². The summed E-state index contributed by atoms with van der Waals surface area (Å²) in [5.41, 5.74) is 1.68. The number of hydrogen-bond acceptors (Lipinski definition) is 4. The molecule has 1 aliphatic rings. The smallest absolute Gasteiger partial charge is 0.244 e. The van der Waals surface area contributed by atoms with Crippen LogP contribution in [0.5, 0.6) is 0 Å². The number of hydrogen-bond donors (Lipinski definition) is 1. The number of benzene rings is 3. The van der Waals surface area contributed by atoms with E-state index in [1.165, 1.54) is 23.1 Å². The van der Waals surface area contributed by atoms with Crippen LogP contribution in [0.4, 0.5) is 10.1 Å². The first kappa shape index (κ1) is 30.7. The first-order valence-corrected chi connectivity index (χ1v) is 16.4. The summed E-state index contributed by atoms with van der Waals surface area (Å²) in [7, 11) is -3.96. The van der Waals surface area contributed by atoms with Crippen LogP contribution in [-0.4, -0.2) is 50.0 Å². The van der Waals surface area contributed by atoms with E-state index < -0.39 is 34.3 Å². The second-order valence-corrected chi connectivity index (χ2v) is 13.3. The average molecular weight is 645 g/mol. The maximum Gasteiger partial charge on any atom is 0.244 e. The first-order valence-electron chi connectivity index (χ1n) is 13.7. The zero-order valence-electron chi connectivity index (χ0n) is 23.0. The van der Waals surface area contributed by atoms with Gasteiger partial charge < -0.3 is 10.2 Å². The summed E-state index contributed by atoms with van der Waals surface area (Å²) < 4.78 is 41.4. The highest BCUT2D eigenvalue weighted by Crippen LogP contribution is 2.23. The van der Waals surface area contributed by atoms with Gasteiger partial charge in [-0.3, -0.25) is 13.9 Å².